The Kier molecular flexibility index (Phi) is 4.00. The van der Waals surface area contributed by atoms with Crippen LogP contribution < -0.4 is 10.9 Å². The molecule has 0 atom stereocenters. The van der Waals surface area contributed by atoms with Crippen LogP contribution in [0.15, 0.2) is 18.2 Å². The van der Waals surface area contributed by atoms with Crippen molar-refractivity contribution in [2.45, 2.75) is 18.3 Å². The molecule has 6 nitrogen and oxygen atoms in total. The third-order valence-electron chi connectivity index (χ3n) is 3.82. The summed E-state index contributed by atoms with van der Waals surface area (Å²) in [5.74, 6) is -2.39. The Labute approximate surface area is 120 Å². The van der Waals surface area contributed by atoms with E-state index in [9.17, 15) is 22.0 Å². The Bertz CT molecular complexity index is 650. The van der Waals surface area contributed by atoms with E-state index in [1.165, 1.54) is 0 Å². The zero-order valence-electron chi connectivity index (χ0n) is 11.1. The fourth-order valence-electron chi connectivity index (χ4n) is 2.63. The molecule has 0 radical (unpaired) electrons. The average molecular weight is 319 g/mol. The van der Waals surface area contributed by atoms with Crippen molar-refractivity contribution in [1.29, 1.82) is 0 Å². The molecule has 1 amide bonds. The van der Waals surface area contributed by atoms with Crippen LogP contribution in [0.5, 0.6) is 0 Å². The molecule has 1 aliphatic heterocycles. The quantitative estimate of drug-likeness (QED) is 0.818. The van der Waals surface area contributed by atoms with Crippen molar-refractivity contribution in [3.63, 3.8) is 0 Å². The van der Waals surface area contributed by atoms with Gasteiger partial charge in [0.2, 0.25) is 5.91 Å². The van der Waals surface area contributed by atoms with Crippen LogP contribution in [0, 0.1) is 11.6 Å². The molecule has 1 saturated heterocycles. The Morgan fingerprint density at radius 3 is 2.00 bits per heavy atom. The number of hydrogen-bond acceptors (Lipinski definition) is 3. The zero-order valence-corrected chi connectivity index (χ0v) is 11.9. The fraction of sp³-hybridized carbons (Fsp3) is 0.417. The van der Waals surface area contributed by atoms with Crippen LogP contribution in [0.1, 0.15) is 18.4 Å². The lowest BCUT2D eigenvalue weighted by molar-refractivity contribution is -0.125. The van der Waals surface area contributed by atoms with Crippen molar-refractivity contribution in [2.24, 2.45) is 10.9 Å². The van der Waals surface area contributed by atoms with Gasteiger partial charge in [-0.15, -0.1) is 0 Å². The van der Waals surface area contributed by atoms with Crippen LogP contribution in [-0.4, -0.2) is 31.7 Å². The minimum atomic E-state index is -3.87. The van der Waals surface area contributed by atoms with Gasteiger partial charge in [-0.3, -0.25) is 4.79 Å². The van der Waals surface area contributed by atoms with E-state index in [-0.39, 0.29) is 31.5 Å². The summed E-state index contributed by atoms with van der Waals surface area (Å²) in [6.07, 6.45) is 0.0311. The first-order chi connectivity index (χ1) is 9.65. The molecule has 4 N–H and O–H groups in total. The lowest BCUT2D eigenvalue weighted by Gasteiger charge is -2.38. The van der Waals surface area contributed by atoms with Crippen LogP contribution in [0.25, 0.3) is 0 Å². The number of carbonyl (C=O) groups excluding carboxylic acids is 1. The average Bonchev–Trinajstić information content (AvgIpc) is 2.36. The van der Waals surface area contributed by atoms with E-state index in [0.717, 1.165) is 16.4 Å². The maximum atomic E-state index is 13.4. The Morgan fingerprint density at radius 1 is 1.14 bits per heavy atom. The first-order valence-electron chi connectivity index (χ1n) is 6.19. The summed E-state index contributed by atoms with van der Waals surface area (Å²) in [5.41, 5.74) is 4.22. The van der Waals surface area contributed by atoms with Crippen LogP contribution in [0.3, 0.4) is 0 Å². The van der Waals surface area contributed by atoms with Gasteiger partial charge in [-0.25, -0.2) is 13.9 Å². The maximum absolute atomic E-state index is 13.4. The topological polar surface area (TPSA) is 106 Å². The molecule has 1 aliphatic rings. The first kappa shape index (κ1) is 15.8. The van der Waals surface area contributed by atoms with E-state index in [2.05, 4.69) is 0 Å². The Hall–Kier alpha value is -1.58. The highest BCUT2D eigenvalue weighted by Gasteiger charge is 2.43. The van der Waals surface area contributed by atoms with Crippen LogP contribution in [0.2, 0.25) is 0 Å². The van der Waals surface area contributed by atoms with Crippen LogP contribution in [0.4, 0.5) is 8.78 Å². The molecule has 0 saturated carbocycles. The fourth-order valence-corrected chi connectivity index (χ4v) is 3.32. The van der Waals surface area contributed by atoms with Crippen molar-refractivity contribution >= 4 is 16.1 Å². The normalized spacial score (nSPS) is 19.4. The van der Waals surface area contributed by atoms with Gasteiger partial charge in [0, 0.05) is 19.2 Å². The number of piperidine rings is 1. The number of amides is 1. The van der Waals surface area contributed by atoms with Crippen molar-refractivity contribution < 1.29 is 22.0 Å². The van der Waals surface area contributed by atoms with Crippen LogP contribution >= 0.6 is 0 Å². The van der Waals surface area contributed by atoms with E-state index in [1.54, 1.807) is 0 Å². The minimum absolute atomic E-state index is 0.0155. The second kappa shape index (κ2) is 5.32. The van der Waals surface area contributed by atoms with Gasteiger partial charge in [0.15, 0.2) is 0 Å². The van der Waals surface area contributed by atoms with Crippen molar-refractivity contribution in [3.8, 4) is 0 Å². The summed E-state index contributed by atoms with van der Waals surface area (Å²) in [7, 11) is -3.87. The monoisotopic (exact) mass is 319 g/mol. The largest absolute Gasteiger partial charge is 0.369 e. The molecule has 0 unspecified atom stereocenters. The van der Waals surface area contributed by atoms with Gasteiger partial charge in [-0.2, -0.15) is 12.7 Å². The van der Waals surface area contributed by atoms with Gasteiger partial charge in [0.05, 0.1) is 5.41 Å². The van der Waals surface area contributed by atoms with Gasteiger partial charge < -0.3 is 5.73 Å². The number of halogens is 2. The van der Waals surface area contributed by atoms with Gasteiger partial charge >= 0.3 is 0 Å². The number of benzene rings is 1. The molecule has 2 rings (SSSR count). The lowest BCUT2D eigenvalue weighted by atomic mass is 9.72. The number of carbonyl (C=O) groups is 1. The van der Waals surface area contributed by atoms with E-state index in [0.29, 0.717) is 6.07 Å². The minimum Gasteiger partial charge on any atom is -0.369 e. The van der Waals surface area contributed by atoms with E-state index in [1.807, 2.05) is 0 Å². The second-order valence-corrected chi connectivity index (χ2v) is 6.59. The summed E-state index contributed by atoms with van der Waals surface area (Å²) >= 11 is 0. The predicted molar refractivity (Wildman–Crippen MR) is 71.1 cm³/mol. The van der Waals surface area contributed by atoms with E-state index < -0.39 is 33.2 Å². The number of nitrogens with two attached hydrogens (primary N) is 2. The number of rotatable bonds is 3. The molecule has 1 fully saturated rings. The van der Waals surface area contributed by atoms with Crippen LogP contribution in [-0.2, 0) is 20.4 Å². The molecule has 1 heterocycles. The van der Waals surface area contributed by atoms with Gasteiger partial charge in [0.25, 0.3) is 10.2 Å². The smallest absolute Gasteiger partial charge is 0.276 e. The lowest BCUT2D eigenvalue weighted by Crippen LogP contribution is -2.52. The van der Waals surface area contributed by atoms with Crippen molar-refractivity contribution in [2.75, 3.05) is 13.1 Å². The highest BCUT2D eigenvalue weighted by molar-refractivity contribution is 7.86. The SMILES string of the molecule is NC(=O)C1(c2cc(F)cc(F)c2)CCN(S(N)(=O)=O)CC1. The van der Waals surface area contributed by atoms with Crippen molar-refractivity contribution in [1.82, 2.24) is 4.31 Å². The summed E-state index contributed by atoms with van der Waals surface area (Å²) in [4.78, 5) is 11.8. The second-order valence-electron chi connectivity index (χ2n) is 5.05. The third-order valence-corrected chi connectivity index (χ3v) is 4.91. The third kappa shape index (κ3) is 3.04. The molecule has 0 spiro atoms. The van der Waals surface area contributed by atoms with E-state index in [4.69, 9.17) is 10.9 Å². The molecular weight excluding hydrogens is 304 g/mol. The standard InChI is InChI=1S/C12H15F2N3O3S/c13-9-5-8(6-10(14)7-9)12(11(15)18)1-3-17(4-2-12)21(16,19)20/h5-7H,1-4H2,(H2,15,18)(H2,16,19,20). The summed E-state index contributed by atoms with van der Waals surface area (Å²) in [6, 6.07) is 2.78. The number of nitrogens with zero attached hydrogens (tertiary/aromatic N) is 1. The molecular formula is C12H15F2N3O3S. The summed E-state index contributed by atoms with van der Waals surface area (Å²) in [5, 5.41) is 5.02. The number of hydrogen-bond donors (Lipinski definition) is 2. The highest BCUT2D eigenvalue weighted by Crippen LogP contribution is 2.36. The molecule has 1 aromatic rings. The molecule has 21 heavy (non-hydrogen) atoms. The molecule has 0 aromatic heterocycles. The summed E-state index contributed by atoms with van der Waals surface area (Å²) in [6.45, 7) is -0.0835. The first-order valence-corrected chi connectivity index (χ1v) is 7.70. The molecule has 1 aromatic carbocycles. The number of primary amides is 1. The molecule has 116 valence electrons. The maximum Gasteiger partial charge on any atom is 0.276 e. The van der Waals surface area contributed by atoms with E-state index >= 15 is 0 Å². The Morgan fingerprint density at radius 2 is 1.62 bits per heavy atom. The zero-order chi connectivity index (χ0) is 15.8. The Balaban J connectivity index is 2.39. The molecule has 9 heteroatoms. The summed E-state index contributed by atoms with van der Waals surface area (Å²) < 4.78 is 50.3. The molecule has 0 aliphatic carbocycles. The van der Waals surface area contributed by atoms with Gasteiger partial charge in [0.1, 0.15) is 11.6 Å². The van der Waals surface area contributed by atoms with Gasteiger partial charge in [-0.1, -0.05) is 0 Å². The predicted octanol–water partition coefficient (Wildman–Crippen LogP) is -0.0128. The highest BCUT2D eigenvalue weighted by atomic mass is 32.2. The molecule has 0 bridgehead atoms. The van der Waals surface area contributed by atoms with Crippen molar-refractivity contribution in [3.05, 3.63) is 35.4 Å². The van der Waals surface area contributed by atoms with Gasteiger partial charge in [-0.05, 0) is 30.5 Å².